The van der Waals surface area contributed by atoms with E-state index in [-0.39, 0.29) is 18.3 Å². The van der Waals surface area contributed by atoms with Gasteiger partial charge in [0.25, 0.3) is 0 Å². The first-order valence-corrected chi connectivity index (χ1v) is 11.7. The minimum Gasteiger partial charge on any atom is -0.332 e. The molecule has 0 fully saturated rings. The second-order valence-electron chi connectivity index (χ2n) is 7.77. The van der Waals surface area contributed by atoms with E-state index in [1.807, 2.05) is 32.1 Å². The number of nitrogens with one attached hydrogen (secondary N) is 1. The van der Waals surface area contributed by atoms with Crippen LogP contribution in [0.15, 0.2) is 82.5 Å². The maximum Gasteiger partial charge on any atom is 0.234 e. The summed E-state index contributed by atoms with van der Waals surface area (Å²) in [6.07, 6.45) is 14.0. The molecule has 1 aromatic carbocycles. The van der Waals surface area contributed by atoms with Crippen molar-refractivity contribution in [3.05, 3.63) is 84.2 Å². The number of aliphatic imine (C=N–C) groups is 1. The second-order valence-corrected chi connectivity index (χ2v) is 7.77. The zero-order valence-electron chi connectivity index (χ0n) is 21.5. The van der Waals surface area contributed by atoms with Crippen LogP contribution in [0.5, 0.6) is 0 Å². The number of halogens is 1. The number of hydrogen-bond acceptors (Lipinski definition) is 7. The van der Waals surface area contributed by atoms with Crippen molar-refractivity contribution in [2.75, 3.05) is 25.6 Å². The Morgan fingerprint density at radius 2 is 1.94 bits per heavy atom. The van der Waals surface area contributed by atoms with Gasteiger partial charge in [0.2, 0.25) is 5.91 Å². The van der Waals surface area contributed by atoms with Gasteiger partial charge in [0.05, 0.1) is 23.9 Å². The molecule has 36 heavy (non-hydrogen) atoms. The number of allylic oxidation sites excluding steroid dienone is 2. The molecule has 1 heterocycles. The first-order chi connectivity index (χ1) is 17.4. The number of aromatic nitrogens is 1. The Morgan fingerprint density at radius 3 is 2.61 bits per heavy atom. The molecule has 1 N–H and O–H groups in total. The van der Waals surface area contributed by atoms with Crippen molar-refractivity contribution in [2.24, 2.45) is 21.1 Å². The van der Waals surface area contributed by atoms with Crippen LogP contribution in [0.4, 0.5) is 10.1 Å². The molecule has 0 bridgehead atoms. The summed E-state index contributed by atoms with van der Waals surface area (Å²) >= 11 is 0. The Labute approximate surface area is 212 Å². The number of carbonyl (C=O) groups excluding carboxylic acids is 1. The summed E-state index contributed by atoms with van der Waals surface area (Å²) in [5, 5.41) is 15.1. The molecule has 1 amide bonds. The fraction of sp³-hybridized carbons (Fsp3) is 0.296. The van der Waals surface area contributed by atoms with Gasteiger partial charge >= 0.3 is 0 Å². The Morgan fingerprint density at radius 1 is 1.19 bits per heavy atom. The lowest BCUT2D eigenvalue weighted by Gasteiger charge is -2.16. The lowest BCUT2D eigenvalue weighted by molar-refractivity contribution is -0.121. The fourth-order valence-electron chi connectivity index (χ4n) is 3.13. The largest absolute Gasteiger partial charge is 0.332 e. The molecule has 0 spiro atoms. The molecule has 0 saturated heterocycles. The van der Waals surface area contributed by atoms with Crippen molar-refractivity contribution >= 4 is 29.7 Å². The van der Waals surface area contributed by atoms with Crippen LogP contribution < -0.4 is 10.3 Å². The lowest BCUT2D eigenvalue weighted by Crippen LogP contribution is -2.30. The molecule has 0 radical (unpaired) electrons. The Bertz CT molecular complexity index is 1130. The summed E-state index contributed by atoms with van der Waals surface area (Å²) in [4.78, 5) is 21.1. The molecular weight excluding hydrogens is 457 g/mol. The van der Waals surface area contributed by atoms with E-state index in [9.17, 15) is 9.18 Å². The minimum atomic E-state index is -0.547. The lowest BCUT2D eigenvalue weighted by atomic mass is 10.1. The van der Waals surface area contributed by atoms with E-state index in [1.54, 1.807) is 86.5 Å². The standard InChI is InChI=1S/C27H34FN7O/c1-6-17-34(4)32-20-23(19-29-8-3)27(36)31-16-13-26(22-11-14-30-15-12-22)33-35(5)24-9-10-25(28)21(7-2)18-24/h6,8-18,20,23H,7,19H2,1-5H3,(H,31,36)/b16-13+,17-6-,29-8?,32-20-,33-26+. The van der Waals surface area contributed by atoms with Crippen molar-refractivity contribution in [3.63, 3.8) is 0 Å². The van der Waals surface area contributed by atoms with Crippen molar-refractivity contribution in [3.8, 4) is 0 Å². The molecule has 0 aliphatic heterocycles. The normalized spacial score (nSPS) is 13.2. The molecule has 2 rings (SSSR count). The van der Waals surface area contributed by atoms with Crippen molar-refractivity contribution in [1.29, 1.82) is 0 Å². The quantitative estimate of drug-likeness (QED) is 0.352. The van der Waals surface area contributed by atoms with Gasteiger partial charge in [-0.3, -0.25) is 24.8 Å². The van der Waals surface area contributed by atoms with E-state index >= 15 is 0 Å². The highest BCUT2D eigenvalue weighted by Gasteiger charge is 2.15. The molecular formula is C27H34FN7O. The second kappa shape index (κ2) is 15.0. The predicted octanol–water partition coefficient (Wildman–Crippen LogP) is 4.41. The highest BCUT2D eigenvalue weighted by Crippen LogP contribution is 2.19. The number of rotatable bonds is 12. The summed E-state index contributed by atoms with van der Waals surface area (Å²) in [7, 11) is 3.57. The third kappa shape index (κ3) is 8.90. The molecule has 1 aromatic heterocycles. The average molecular weight is 492 g/mol. The van der Waals surface area contributed by atoms with Crippen LogP contribution in [0.1, 0.15) is 31.9 Å². The molecule has 0 aliphatic rings. The monoisotopic (exact) mass is 491 g/mol. The van der Waals surface area contributed by atoms with Crippen LogP contribution in [0, 0.1) is 11.7 Å². The van der Waals surface area contributed by atoms with Gasteiger partial charge in [0.1, 0.15) is 5.82 Å². The van der Waals surface area contributed by atoms with Crippen molar-refractivity contribution in [2.45, 2.75) is 27.2 Å². The summed E-state index contributed by atoms with van der Waals surface area (Å²) < 4.78 is 13.9. The van der Waals surface area contributed by atoms with Gasteiger partial charge in [-0.25, -0.2) is 4.39 Å². The van der Waals surface area contributed by atoms with E-state index < -0.39 is 5.92 Å². The molecule has 1 unspecified atom stereocenters. The Balaban J connectivity index is 2.26. The zero-order valence-corrected chi connectivity index (χ0v) is 21.5. The third-order valence-corrected chi connectivity index (χ3v) is 5.10. The predicted molar refractivity (Wildman–Crippen MR) is 146 cm³/mol. The first-order valence-electron chi connectivity index (χ1n) is 11.7. The first kappa shape index (κ1) is 28.1. The molecule has 9 heteroatoms. The van der Waals surface area contributed by atoms with E-state index in [4.69, 9.17) is 5.10 Å². The van der Waals surface area contributed by atoms with Crippen molar-refractivity contribution < 1.29 is 9.18 Å². The Kier molecular flexibility index (Phi) is 11.7. The van der Waals surface area contributed by atoms with Crippen LogP contribution in [0.3, 0.4) is 0 Å². The molecule has 1 atom stereocenters. The maximum atomic E-state index is 13.9. The summed E-state index contributed by atoms with van der Waals surface area (Å²) in [5.74, 6) is -1.03. The van der Waals surface area contributed by atoms with Crippen LogP contribution in [0.2, 0.25) is 0 Å². The molecule has 190 valence electrons. The van der Waals surface area contributed by atoms with Gasteiger partial charge in [-0.05, 0) is 68.5 Å². The number of anilines is 1. The number of benzene rings is 1. The number of carbonyl (C=O) groups is 1. The highest BCUT2D eigenvalue weighted by molar-refractivity contribution is 6.09. The fourth-order valence-corrected chi connectivity index (χ4v) is 3.13. The van der Waals surface area contributed by atoms with Gasteiger partial charge in [-0.15, -0.1) is 0 Å². The van der Waals surface area contributed by atoms with Crippen LogP contribution >= 0.6 is 0 Å². The summed E-state index contributed by atoms with van der Waals surface area (Å²) in [6.45, 7) is 5.88. The number of hydrazone groups is 2. The van der Waals surface area contributed by atoms with E-state index in [2.05, 4.69) is 20.4 Å². The number of aryl methyl sites for hydroxylation is 1. The number of hydrogen-bond donors (Lipinski definition) is 1. The van der Waals surface area contributed by atoms with Gasteiger partial charge in [-0.1, -0.05) is 13.0 Å². The molecule has 2 aromatic rings. The summed E-state index contributed by atoms with van der Waals surface area (Å²) in [6, 6.07) is 8.54. The summed E-state index contributed by atoms with van der Waals surface area (Å²) in [5.41, 5.74) is 2.76. The van der Waals surface area contributed by atoms with Crippen LogP contribution in [0.25, 0.3) is 0 Å². The molecule has 8 nitrogen and oxygen atoms in total. The van der Waals surface area contributed by atoms with Gasteiger partial charge < -0.3 is 5.32 Å². The SMILES string of the molecule is CC=NCC(/C=N\N(C)/C=C\C)C(=O)N/C=C/C(=N\N(C)c1ccc(F)c(CC)c1)c1ccncc1. The van der Waals surface area contributed by atoms with E-state index in [1.165, 1.54) is 6.07 Å². The zero-order chi connectivity index (χ0) is 26.3. The van der Waals surface area contributed by atoms with Gasteiger partial charge in [0.15, 0.2) is 0 Å². The smallest absolute Gasteiger partial charge is 0.234 e. The highest BCUT2D eigenvalue weighted by atomic mass is 19.1. The van der Waals surface area contributed by atoms with E-state index in [0.717, 1.165) is 11.3 Å². The maximum absolute atomic E-state index is 13.9. The number of nitrogens with zero attached hydrogens (tertiary/aromatic N) is 6. The molecule has 0 aliphatic carbocycles. The Hall–Kier alpha value is -4.14. The molecule has 0 saturated carbocycles. The third-order valence-electron chi connectivity index (χ3n) is 5.10. The van der Waals surface area contributed by atoms with E-state index in [0.29, 0.717) is 17.7 Å². The minimum absolute atomic E-state index is 0.238. The van der Waals surface area contributed by atoms with Crippen LogP contribution in [-0.2, 0) is 11.2 Å². The topological polar surface area (TPSA) is 85.5 Å². The van der Waals surface area contributed by atoms with Crippen LogP contribution in [-0.4, -0.2) is 54.7 Å². The number of pyridine rings is 1. The van der Waals surface area contributed by atoms with Gasteiger partial charge in [-0.2, -0.15) is 10.2 Å². The number of amides is 1. The van der Waals surface area contributed by atoms with Gasteiger partial charge in [0, 0.05) is 50.7 Å². The van der Waals surface area contributed by atoms with Crippen molar-refractivity contribution in [1.82, 2.24) is 15.3 Å². The average Bonchev–Trinajstić information content (AvgIpc) is 2.88.